The average molecular weight is 292 g/mol. The van der Waals surface area contributed by atoms with Crippen molar-refractivity contribution in [1.82, 2.24) is 4.98 Å². The van der Waals surface area contributed by atoms with Crippen LogP contribution in [0.1, 0.15) is 28.0 Å². The molecule has 1 aromatic carbocycles. The summed E-state index contributed by atoms with van der Waals surface area (Å²) in [6.45, 7) is 4.39. The van der Waals surface area contributed by atoms with Crippen LogP contribution in [0.4, 0.5) is 5.69 Å². The molecule has 0 saturated carbocycles. The van der Waals surface area contributed by atoms with E-state index in [4.69, 9.17) is 10.5 Å². The Morgan fingerprint density at radius 1 is 1.50 bits per heavy atom. The number of hydrogen-bond acceptors (Lipinski definition) is 5. The molecule has 3 N–H and O–H groups in total. The lowest BCUT2D eigenvalue weighted by molar-refractivity contribution is 0.0702. The van der Waals surface area contributed by atoms with Crippen LogP contribution in [-0.2, 0) is 0 Å². The molecule has 0 amide bonds. The van der Waals surface area contributed by atoms with Gasteiger partial charge in [-0.15, -0.1) is 11.3 Å². The number of carboxylic acids is 1. The molecule has 0 unspecified atom stereocenters. The van der Waals surface area contributed by atoms with Crippen molar-refractivity contribution < 1.29 is 14.6 Å². The largest absolute Gasteiger partial charge is 0.491 e. The van der Waals surface area contributed by atoms with Crippen LogP contribution in [0, 0.1) is 6.92 Å². The lowest BCUT2D eigenvalue weighted by Crippen LogP contribution is -2.00. The Morgan fingerprint density at radius 3 is 2.85 bits per heavy atom. The van der Waals surface area contributed by atoms with Gasteiger partial charge in [0.15, 0.2) is 0 Å². The molecule has 0 aliphatic heterocycles. The summed E-state index contributed by atoms with van der Waals surface area (Å²) in [5, 5.41) is 9.91. The van der Waals surface area contributed by atoms with E-state index in [-0.39, 0.29) is 4.88 Å². The topological polar surface area (TPSA) is 85.4 Å². The molecular weight excluding hydrogens is 276 g/mol. The second-order valence-corrected chi connectivity index (χ2v) is 5.52. The van der Waals surface area contributed by atoms with Crippen molar-refractivity contribution in [2.24, 2.45) is 0 Å². The third-order valence-corrected chi connectivity index (χ3v) is 3.63. The quantitative estimate of drug-likeness (QED) is 0.827. The summed E-state index contributed by atoms with van der Waals surface area (Å²) in [6, 6.07) is 5.23. The highest BCUT2D eigenvalue weighted by Gasteiger charge is 2.18. The number of anilines is 1. The van der Waals surface area contributed by atoms with E-state index in [1.807, 2.05) is 6.92 Å². The van der Waals surface area contributed by atoms with Crippen LogP contribution < -0.4 is 10.5 Å². The number of aromatic carboxylic acids is 1. The zero-order valence-electron chi connectivity index (χ0n) is 11.3. The van der Waals surface area contributed by atoms with E-state index >= 15 is 0 Å². The Morgan fingerprint density at radius 2 is 2.25 bits per heavy atom. The van der Waals surface area contributed by atoms with E-state index in [0.717, 1.165) is 17.8 Å². The van der Waals surface area contributed by atoms with Crippen LogP contribution in [0.5, 0.6) is 5.75 Å². The van der Waals surface area contributed by atoms with Crippen molar-refractivity contribution in [2.75, 3.05) is 12.3 Å². The first-order valence-corrected chi connectivity index (χ1v) is 7.08. The fourth-order valence-corrected chi connectivity index (χ4v) is 2.59. The summed E-state index contributed by atoms with van der Waals surface area (Å²) in [4.78, 5) is 15.7. The van der Waals surface area contributed by atoms with Gasteiger partial charge in [0, 0.05) is 5.56 Å². The van der Waals surface area contributed by atoms with Gasteiger partial charge in [0.2, 0.25) is 0 Å². The number of benzene rings is 1. The molecule has 5 nitrogen and oxygen atoms in total. The molecule has 1 aromatic heterocycles. The van der Waals surface area contributed by atoms with Gasteiger partial charge < -0.3 is 15.6 Å². The number of aryl methyl sites for hydroxylation is 1. The summed E-state index contributed by atoms with van der Waals surface area (Å²) < 4.78 is 5.50. The zero-order chi connectivity index (χ0) is 14.7. The smallest absolute Gasteiger partial charge is 0.348 e. The number of carboxylic acid groups (broad SMARTS) is 1. The van der Waals surface area contributed by atoms with Gasteiger partial charge in [-0.05, 0) is 31.5 Å². The normalized spacial score (nSPS) is 10.5. The zero-order valence-corrected chi connectivity index (χ0v) is 12.2. The summed E-state index contributed by atoms with van der Waals surface area (Å²) in [5.74, 6) is -0.366. The molecule has 0 aliphatic carbocycles. The van der Waals surface area contributed by atoms with E-state index in [2.05, 4.69) is 4.98 Å². The van der Waals surface area contributed by atoms with Gasteiger partial charge in [0.05, 0.1) is 23.0 Å². The summed E-state index contributed by atoms with van der Waals surface area (Å²) in [7, 11) is 0. The Balaban J connectivity index is 2.39. The predicted octanol–water partition coefficient (Wildman–Crippen LogP) is 3.19. The maximum absolute atomic E-state index is 11.2. The number of carbonyl (C=O) groups is 1. The number of thiazole rings is 1. The molecule has 2 aromatic rings. The highest BCUT2D eigenvalue weighted by atomic mass is 32.1. The van der Waals surface area contributed by atoms with Crippen molar-refractivity contribution in [3.8, 4) is 17.0 Å². The van der Waals surface area contributed by atoms with Crippen molar-refractivity contribution in [1.29, 1.82) is 0 Å². The van der Waals surface area contributed by atoms with Gasteiger partial charge >= 0.3 is 5.97 Å². The van der Waals surface area contributed by atoms with E-state index in [1.165, 1.54) is 0 Å². The first kappa shape index (κ1) is 14.3. The second-order valence-electron chi connectivity index (χ2n) is 4.32. The number of aromatic nitrogens is 1. The van der Waals surface area contributed by atoms with Gasteiger partial charge in [-0.3, -0.25) is 0 Å². The minimum Gasteiger partial charge on any atom is -0.491 e. The third kappa shape index (κ3) is 2.91. The highest BCUT2D eigenvalue weighted by molar-refractivity contribution is 7.14. The lowest BCUT2D eigenvalue weighted by Gasteiger charge is -2.09. The van der Waals surface area contributed by atoms with Crippen LogP contribution in [0.2, 0.25) is 0 Å². The molecule has 0 saturated heterocycles. The molecular formula is C14H16N2O3S. The Labute approximate surface area is 121 Å². The molecule has 20 heavy (non-hydrogen) atoms. The fraction of sp³-hybridized carbons (Fsp3) is 0.286. The minimum absolute atomic E-state index is 0.226. The van der Waals surface area contributed by atoms with Crippen LogP contribution in [0.25, 0.3) is 11.3 Å². The molecule has 0 bridgehead atoms. The van der Waals surface area contributed by atoms with Gasteiger partial charge in [-0.1, -0.05) is 6.92 Å². The average Bonchev–Trinajstić information content (AvgIpc) is 2.79. The van der Waals surface area contributed by atoms with Gasteiger partial charge in [0.25, 0.3) is 0 Å². The number of nitrogens with zero attached hydrogens (tertiary/aromatic N) is 1. The number of nitrogen functional groups attached to an aromatic ring is 1. The van der Waals surface area contributed by atoms with Crippen molar-refractivity contribution in [3.05, 3.63) is 28.1 Å². The molecule has 0 spiro atoms. The SMILES string of the molecule is CCCOc1ccc(-c2nc(C)sc2C(=O)O)cc1N. The molecule has 0 atom stereocenters. The standard InChI is InChI=1S/C14H16N2O3S/c1-3-6-19-11-5-4-9(7-10(11)15)12-13(14(17)18)20-8(2)16-12/h4-5,7H,3,6,15H2,1-2H3,(H,17,18). The van der Waals surface area contributed by atoms with Crippen LogP contribution in [0.3, 0.4) is 0 Å². The Kier molecular flexibility index (Phi) is 4.24. The maximum Gasteiger partial charge on any atom is 0.348 e. The fourth-order valence-electron chi connectivity index (χ4n) is 1.81. The molecule has 0 aliphatic rings. The molecule has 0 fully saturated rings. The van der Waals surface area contributed by atoms with Gasteiger partial charge in [-0.25, -0.2) is 9.78 Å². The Bertz CT molecular complexity index is 637. The van der Waals surface area contributed by atoms with E-state index in [0.29, 0.717) is 34.3 Å². The molecule has 106 valence electrons. The monoisotopic (exact) mass is 292 g/mol. The number of hydrogen-bond donors (Lipinski definition) is 2. The number of rotatable bonds is 5. The minimum atomic E-state index is -0.976. The first-order chi connectivity index (χ1) is 9.52. The van der Waals surface area contributed by atoms with Crippen LogP contribution in [0.15, 0.2) is 18.2 Å². The maximum atomic E-state index is 11.2. The van der Waals surface area contributed by atoms with Crippen LogP contribution >= 0.6 is 11.3 Å². The van der Waals surface area contributed by atoms with Gasteiger partial charge in [0.1, 0.15) is 10.6 Å². The second kappa shape index (κ2) is 5.92. The summed E-state index contributed by atoms with van der Waals surface area (Å²) in [5.41, 5.74) is 7.56. The van der Waals surface area contributed by atoms with Crippen LogP contribution in [-0.4, -0.2) is 22.7 Å². The van der Waals surface area contributed by atoms with Crippen molar-refractivity contribution >= 4 is 23.0 Å². The van der Waals surface area contributed by atoms with Crippen molar-refractivity contribution in [3.63, 3.8) is 0 Å². The molecule has 2 rings (SSSR count). The van der Waals surface area contributed by atoms with Crippen molar-refractivity contribution in [2.45, 2.75) is 20.3 Å². The summed E-state index contributed by atoms with van der Waals surface area (Å²) >= 11 is 1.16. The Hall–Kier alpha value is -2.08. The van der Waals surface area contributed by atoms with E-state index in [1.54, 1.807) is 25.1 Å². The third-order valence-electron chi connectivity index (χ3n) is 2.67. The van der Waals surface area contributed by atoms with E-state index < -0.39 is 5.97 Å². The van der Waals surface area contributed by atoms with E-state index in [9.17, 15) is 9.90 Å². The molecule has 6 heteroatoms. The predicted molar refractivity (Wildman–Crippen MR) is 79.4 cm³/mol. The number of ether oxygens (including phenoxy) is 1. The molecule has 0 radical (unpaired) electrons. The number of nitrogens with two attached hydrogens (primary N) is 1. The van der Waals surface area contributed by atoms with Gasteiger partial charge in [-0.2, -0.15) is 0 Å². The summed E-state index contributed by atoms with van der Waals surface area (Å²) in [6.07, 6.45) is 0.898. The molecule has 1 heterocycles. The highest BCUT2D eigenvalue weighted by Crippen LogP contribution is 2.32. The first-order valence-electron chi connectivity index (χ1n) is 6.26. The lowest BCUT2D eigenvalue weighted by atomic mass is 10.1.